The molecular formula is C10H18N4O2S. The quantitative estimate of drug-likeness (QED) is 0.706. The van der Waals surface area contributed by atoms with Crippen molar-refractivity contribution < 1.29 is 8.42 Å². The summed E-state index contributed by atoms with van der Waals surface area (Å²) in [5.41, 5.74) is 0. The highest BCUT2D eigenvalue weighted by molar-refractivity contribution is 7.89. The van der Waals surface area contributed by atoms with Crippen LogP contribution in [0.15, 0.2) is 17.3 Å². The van der Waals surface area contributed by atoms with E-state index in [-0.39, 0.29) is 4.90 Å². The second kappa shape index (κ2) is 5.16. The predicted octanol–water partition coefficient (Wildman–Crippen LogP) is -0.0664. The van der Waals surface area contributed by atoms with Gasteiger partial charge in [-0.1, -0.05) is 6.92 Å². The largest absolute Gasteiger partial charge is 0.316 e. The van der Waals surface area contributed by atoms with Crippen LogP contribution in [0.2, 0.25) is 0 Å². The standard InChI is InChI=1S/C10H18N4O2S/c1-8-4-11-3-2-9(8)5-14-17(15,16)10-6-12-13-7-10/h6-9,11,14H,2-5H2,1H3,(H,12,13). The molecule has 0 saturated carbocycles. The van der Waals surface area contributed by atoms with Gasteiger partial charge >= 0.3 is 0 Å². The smallest absolute Gasteiger partial charge is 0.243 e. The number of aromatic nitrogens is 2. The van der Waals surface area contributed by atoms with Gasteiger partial charge in [-0.2, -0.15) is 5.10 Å². The number of hydrogen-bond donors (Lipinski definition) is 3. The molecular weight excluding hydrogens is 240 g/mol. The molecule has 2 rings (SSSR count). The molecule has 7 heteroatoms. The Morgan fingerprint density at radius 1 is 1.59 bits per heavy atom. The van der Waals surface area contributed by atoms with Crippen molar-refractivity contribution in [3.63, 3.8) is 0 Å². The number of sulfonamides is 1. The molecule has 6 nitrogen and oxygen atoms in total. The molecule has 0 spiro atoms. The summed E-state index contributed by atoms with van der Waals surface area (Å²) in [6.07, 6.45) is 3.71. The van der Waals surface area contributed by atoms with E-state index in [4.69, 9.17) is 0 Å². The molecule has 0 bridgehead atoms. The highest BCUT2D eigenvalue weighted by Crippen LogP contribution is 2.18. The molecule has 96 valence electrons. The highest BCUT2D eigenvalue weighted by atomic mass is 32.2. The molecule has 2 atom stereocenters. The summed E-state index contributed by atoms with van der Waals surface area (Å²) in [4.78, 5) is 0.194. The maximum absolute atomic E-state index is 11.9. The van der Waals surface area contributed by atoms with E-state index < -0.39 is 10.0 Å². The third-order valence-electron chi connectivity index (χ3n) is 3.28. The van der Waals surface area contributed by atoms with Crippen molar-refractivity contribution in [2.24, 2.45) is 11.8 Å². The van der Waals surface area contributed by atoms with Crippen molar-refractivity contribution in [2.45, 2.75) is 18.2 Å². The molecule has 1 aliphatic heterocycles. The summed E-state index contributed by atoms with van der Waals surface area (Å²) >= 11 is 0. The minimum atomic E-state index is -3.40. The minimum Gasteiger partial charge on any atom is -0.316 e. The van der Waals surface area contributed by atoms with Crippen LogP contribution in [0.1, 0.15) is 13.3 Å². The highest BCUT2D eigenvalue weighted by Gasteiger charge is 2.23. The molecule has 1 aromatic heterocycles. The number of nitrogens with zero attached hydrogens (tertiary/aromatic N) is 1. The Labute approximate surface area is 101 Å². The summed E-state index contributed by atoms with van der Waals surface area (Å²) in [5.74, 6) is 0.897. The average molecular weight is 258 g/mol. The molecule has 3 N–H and O–H groups in total. The monoisotopic (exact) mass is 258 g/mol. The van der Waals surface area contributed by atoms with Crippen LogP contribution in [-0.4, -0.2) is 38.2 Å². The Morgan fingerprint density at radius 3 is 3.06 bits per heavy atom. The molecule has 17 heavy (non-hydrogen) atoms. The van der Waals surface area contributed by atoms with E-state index in [1.807, 2.05) is 0 Å². The summed E-state index contributed by atoms with van der Waals surface area (Å²) in [6.45, 7) is 4.56. The molecule has 0 amide bonds. The number of aromatic amines is 1. The van der Waals surface area contributed by atoms with Gasteiger partial charge < -0.3 is 5.32 Å². The second-order valence-electron chi connectivity index (χ2n) is 4.52. The lowest BCUT2D eigenvalue weighted by molar-refractivity contribution is 0.274. The van der Waals surface area contributed by atoms with E-state index >= 15 is 0 Å². The Balaban J connectivity index is 1.93. The average Bonchev–Trinajstić information content (AvgIpc) is 2.82. The van der Waals surface area contributed by atoms with Gasteiger partial charge in [0.15, 0.2) is 0 Å². The van der Waals surface area contributed by atoms with E-state index in [9.17, 15) is 8.42 Å². The van der Waals surface area contributed by atoms with Crippen LogP contribution in [0.5, 0.6) is 0 Å². The predicted molar refractivity (Wildman–Crippen MR) is 63.9 cm³/mol. The number of piperidine rings is 1. The zero-order chi connectivity index (χ0) is 12.3. The lowest BCUT2D eigenvalue weighted by Crippen LogP contribution is -2.41. The van der Waals surface area contributed by atoms with Crippen LogP contribution >= 0.6 is 0 Å². The van der Waals surface area contributed by atoms with Crippen LogP contribution < -0.4 is 10.0 Å². The maximum Gasteiger partial charge on any atom is 0.243 e. The molecule has 1 aliphatic rings. The van der Waals surface area contributed by atoms with Gasteiger partial charge in [0, 0.05) is 12.7 Å². The number of rotatable bonds is 4. The summed E-state index contributed by atoms with van der Waals surface area (Å²) in [6, 6.07) is 0. The first-order valence-electron chi connectivity index (χ1n) is 5.79. The van der Waals surface area contributed by atoms with E-state index in [0.29, 0.717) is 18.4 Å². The maximum atomic E-state index is 11.9. The van der Waals surface area contributed by atoms with Crippen molar-refractivity contribution in [1.29, 1.82) is 0 Å². The van der Waals surface area contributed by atoms with Crippen LogP contribution in [-0.2, 0) is 10.0 Å². The molecule has 0 aliphatic carbocycles. The fourth-order valence-electron chi connectivity index (χ4n) is 2.06. The first-order valence-corrected chi connectivity index (χ1v) is 7.27. The first kappa shape index (κ1) is 12.5. The van der Waals surface area contributed by atoms with Crippen molar-refractivity contribution in [1.82, 2.24) is 20.2 Å². The SMILES string of the molecule is CC1CNCCC1CNS(=O)(=O)c1cn[nH]c1. The normalized spacial score (nSPS) is 25.9. The first-order chi connectivity index (χ1) is 8.09. The Kier molecular flexibility index (Phi) is 3.80. The van der Waals surface area contributed by atoms with Crippen molar-refractivity contribution in [3.05, 3.63) is 12.4 Å². The fourth-order valence-corrected chi connectivity index (χ4v) is 3.06. The molecule has 1 saturated heterocycles. The lowest BCUT2D eigenvalue weighted by atomic mass is 9.88. The molecule has 2 heterocycles. The van der Waals surface area contributed by atoms with Crippen LogP contribution in [0.3, 0.4) is 0 Å². The van der Waals surface area contributed by atoms with Gasteiger partial charge in [-0.25, -0.2) is 13.1 Å². The van der Waals surface area contributed by atoms with Crippen molar-refractivity contribution >= 4 is 10.0 Å². The zero-order valence-electron chi connectivity index (χ0n) is 9.81. The van der Waals surface area contributed by atoms with Crippen LogP contribution in [0, 0.1) is 11.8 Å². The molecule has 1 aromatic rings. The topological polar surface area (TPSA) is 86.9 Å². The Bertz CT molecular complexity index is 443. The fraction of sp³-hybridized carbons (Fsp3) is 0.700. The number of H-pyrrole nitrogens is 1. The summed E-state index contributed by atoms with van der Waals surface area (Å²) in [5, 5.41) is 9.44. The Hall–Kier alpha value is -0.920. The van der Waals surface area contributed by atoms with Crippen molar-refractivity contribution in [2.75, 3.05) is 19.6 Å². The number of hydrogen-bond acceptors (Lipinski definition) is 4. The van der Waals surface area contributed by atoms with Gasteiger partial charge in [0.25, 0.3) is 0 Å². The summed E-state index contributed by atoms with van der Waals surface area (Å²) < 4.78 is 26.4. The van der Waals surface area contributed by atoms with Crippen molar-refractivity contribution in [3.8, 4) is 0 Å². The van der Waals surface area contributed by atoms with E-state index in [1.54, 1.807) is 0 Å². The second-order valence-corrected chi connectivity index (χ2v) is 6.28. The van der Waals surface area contributed by atoms with E-state index in [2.05, 4.69) is 27.2 Å². The third kappa shape index (κ3) is 3.05. The molecule has 2 unspecified atom stereocenters. The van der Waals surface area contributed by atoms with E-state index in [1.165, 1.54) is 12.4 Å². The van der Waals surface area contributed by atoms with Gasteiger partial charge in [0.1, 0.15) is 4.90 Å². The third-order valence-corrected chi connectivity index (χ3v) is 4.67. The van der Waals surface area contributed by atoms with Gasteiger partial charge in [-0.05, 0) is 31.3 Å². The lowest BCUT2D eigenvalue weighted by Gasteiger charge is -2.29. The van der Waals surface area contributed by atoms with Gasteiger partial charge in [-0.3, -0.25) is 5.10 Å². The van der Waals surface area contributed by atoms with Crippen LogP contribution in [0.4, 0.5) is 0 Å². The Morgan fingerprint density at radius 2 is 2.41 bits per heavy atom. The molecule has 0 radical (unpaired) electrons. The van der Waals surface area contributed by atoms with Gasteiger partial charge in [-0.15, -0.1) is 0 Å². The summed E-state index contributed by atoms with van der Waals surface area (Å²) in [7, 11) is -3.40. The van der Waals surface area contributed by atoms with Gasteiger partial charge in [0.2, 0.25) is 10.0 Å². The van der Waals surface area contributed by atoms with E-state index in [0.717, 1.165) is 19.5 Å². The van der Waals surface area contributed by atoms with Crippen LogP contribution in [0.25, 0.3) is 0 Å². The minimum absolute atomic E-state index is 0.194. The van der Waals surface area contributed by atoms with Gasteiger partial charge in [0.05, 0.1) is 6.20 Å². The zero-order valence-corrected chi connectivity index (χ0v) is 10.6. The molecule has 1 fully saturated rings. The number of nitrogens with one attached hydrogen (secondary N) is 3. The molecule has 0 aromatic carbocycles.